The predicted molar refractivity (Wildman–Crippen MR) is 86.2 cm³/mol. The van der Waals surface area contributed by atoms with Gasteiger partial charge in [0, 0.05) is 55.0 Å². The fourth-order valence-corrected chi connectivity index (χ4v) is 2.89. The highest BCUT2D eigenvalue weighted by Crippen LogP contribution is 2.21. The first-order valence-electron chi connectivity index (χ1n) is 7.44. The second-order valence-electron chi connectivity index (χ2n) is 5.74. The molecule has 21 heavy (non-hydrogen) atoms. The Kier molecular flexibility index (Phi) is 3.80. The van der Waals surface area contributed by atoms with Crippen LogP contribution in [-0.4, -0.2) is 20.4 Å². The third kappa shape index (κ3) is 2.85. The van der Waals surface area contributed by atoms with Crippen molar-refractivity contribution in [1.29, 1.82) is 0 Å². The lowest BCUT2D eigenvalue weighted by molar-refractivity contribution is 0.649. The number of fused-ring (bicyclic) bond motifs is 1. The van der Waals surface area contributed by atoms with Crippen molar-refractivity contribution in [2.75, 3.05) is 0 Å². The molecule has 0 spiro atoms. The lowest BCUT2D eigenvalue weighted by atomic mass is 10.0. The average molecular weight is 282 g/mol. The molecule has 0 saturated carbocycles. The van der Waals surface area contributed by atoms with Crippen molar-refractivity contribution in [3.05, 3.63) is 54.0 Å². The Bertz CT molecular complexity index is 736. The zero-order chi connectivity index (χ0) is 14.8. The molecule has 3 aromatic rings. The van der Waals surface area contributed by atoms with E-state index < -0.39 is 0 Å². The molecule has 0 fully saturated rings. The van der Waals surface area contributed by atoms with E-state index in [1.54, 1.807) is 0 Å². The number of nitrogens with two attached hydrogens (primary N) is 1. The fourth-order valence-electron chi connectivity index (χ4n) is 2.89. The first-order chi connectivity index (χ1) is 10.1. The molecule has 1 unspecified atom stereocenters. The summed E-state index contributed by atoms with van der Waals surface area (Å²) in [5.74, 6) is 0. The molecule has 2 N–H and O–H groups in total. The monoisotopic (exact) mass is 282 g/mol. The molecule has 0 bridgehead atoms. The molecule has 1 aromatic carbocycles. The topological polar surface area (TPSA) is 48.8 Å². The molecule has 0 aliphatic heterocycles. The summed E-state index contributed by atoms with van der Waals surface area (Å²) in [7, 11) is 1.99. The van der Waals surface area contributed by atoms with Crippen LogP contribution in [-0.2, 0) is 26.4 Å². The molecule has 4 heteroatoms. The fraction of sp³-hybridized carbons (Fsp3) is 0.353. The SMILES string of the molecule is CC(N)Cc1cccc2c1ccn2CCc1ccnn1C. The van der Waals surface area contributed by atoms with Gasteiger partial charge in [-0.05, 0) is 37.1 Å². The van der Waals surface area contributed by atoms with Crippen molar-refractivity contribution in [3.8, 4) is 0 Å². The second-order valence-corrected chi connectivity index (χ2v) is 5.74. The summed E-state index contributed by atoms with van der Waals surface area (Å²) >= 11 is 0. The van der Waals surface area contributed by atoms with E-state index in [1.165, 1.54) is 22.2 Å². The third-order valence-electron chi connectivity index (χ3n) is 3.98. The highest BCUT2D eigenvalue weighted by molar-refractivity contribution is 5.83. The number of aromatic nitrogens is 3. The van der Waals surface area contributed by atoms with E-state index in [0.29, 0.717) is 0 Å². The molecule has 0 amide bonds. The van der Waals surface area contributed by atoms with E-state index in [4.69, 9.17) is 5.73 Å². The number of hydrogen-bond acceptors (Lipinski definition) is 2. The molecule has 4 nitrogen and oxygen atoms in total. The van der Waals surface area contributed by atoms with E-state index in [0.717, 1.165) is 19.4 Å². The third-order valence-corrected chi connectivity index (χ3v) is 3.98. The largest absolute Gasteiger partial charge is 0.347 e. The van der Waals surface area contributed by atoms with Crippen molar-refractivity contribution < 1.29 is 0 Å². The van der Waals surface area contributed by atoms with Crippen molar-refractivity contribution in [1.82, 2.24) is 14.3 Å². The highest BCUT2D eigenvalue weighted by Gasteiger charge is 2.08. The maximum Gasteiger partial charge on any atom is 0.0492 e. The minimum absolute atomic E-state index is 0.188. The van der Waals surface area contributed by atoms with E-state index in [-0.39, 0.29) is 6.04 Å². The normalized spacial score (nSPS) is 12.9. The number of benzene rings is 1. The molecule has 1 atom stereocenters. The van der Waals surface area contributed by atoms with Crippen LogP contribution in [0.15, 0.2) is 42.7 Å². The summed E-state index contributed by atoms with van der Waals surface area (Å²) in [6.45, 7) is 3.02. The first-order valence-corrected chi connectivity index (χ1v) is 7.44. The van der Waals surface area contributed by atoms with Crippen LogP contribution >= 0.6 is 0 Å². The maximum atomic E-state index is 5.95. The summed E-state index contributed by atoms with van der Waals surface area (Å²) in [5, 5.41) is 5.54. The first kappa shape index (κ1) is 13.9. The summed E-state index contributed by atoms with van der Waals surface area (Å²) in [4.78, 5) is 0. The van der Waals surface area contributed by atoms with E-state index in [9.17, 15) is 0 Å². The molecule has 2 aromatic heterocycles. The van der Waals surface area contributed by atoms with Gasteiger partial charge in [0.05, 0.1) is 0 Å². The van der Waals surface area contributed by atoms with E-state index in [1.807, 2.05) is 17.9 Å². The van der Waals surface area contributed by atoms with Gasteiger partial charge in [0.25, 0.3) is 0 Å². The number of rotatable bonds is 5. The van der Waals surface area contributed by atoms with Gasteiger partial charge in [-0.25, -0.2) is 0 Å². The zero-order valence-electron chi connectivity index (χ0n) is 12.7. The Morgan fingerprint density at radius 2 is 2.10 bits per heavy atom. The van der Waals surface area contributed by atoms with Gasteiger partial charge in [0.2, 0.25) is 0 Å². The van der Waals surface area contributed by atoms with Crippen LogP contribution in [0.4, 0.5) is 0 Å². The van der Waals surface area contributed by atoms with Gasteiger partial charge in [-0.1, -0.05) is 12.1 Å². The van der Waals surface area contributed by atoms with Gasteiger partial charge in [-0.15, -0.1) is 0 Å². The van der Waals surface area contributed by atoms with Crippen LogP contribution in [0.25, 0.3) is 10.9 Å². The van der Waals surface area contributed by atoms with Crippen molar-refractivity contribution in [2.24, 2.45) is 12.8 Å². The Morgan fingerprint density at radius 3 is 2.81 bits per heavy atom. The average Bonchev–Trinajstić information content (AvgIpc) is 3.03. The quantitative estimate of drug-likeness (QED) is 0.781. The van der Waals surface area contributed by atoms with Crippen molar-refractivity contribution in [2.45, 2.75) is 32.4 Å². The summed E-state index contributed by atoms with van der Waals surface area (Å²) in [5.41, 5.74) is 9.82. The molecule has 0 aliphatic carbocycles. The smallest absolute Gasteiger partial charge is 0.0492 e. The minimum Gasteiger partial charge on any atom is -0.347 e. The molecule has 0 aliphatic rings. The van der Waals surface area contributed by atoms with E-state index >= 15 is 0 Å². The lowest BCUT2D eigenvalue weighted by Crippen LogP contribution is -2.17. The molecular formula is C17H22N4. The van der Waals surface area contributed by atoms with Gasteiger partial charge >= 0.3 is 0 Å². The van der Waals surface area contributed by atoms with Crippen LogP contribution in [0.5, 0.6) is 0 Å². The zero-order valence-corrected chi connectivity index (χ0v) is 12.7. The summed E-state index contributed by atoms with van der Waals surface area (Å²) in [6, 6.07) is 11.0. The minimum atomic E-state index is 0.188. The Labute approximate surface area is 125 Å². The van der Waals surface area contributed by atoms with E-state index in [2.05, 4.69) is 53.1 Å². The second kappa shape index (κ2) is 5.74. The lowest BCUT2D eigenvalue weighted by Gasteiger charge is -2.09. The predicted octanol–water partition coefficient (Wildman–Crippen LogP) is 2.51. The van der Waals surface area contributed by atoms with Crippen LogP contribution in [0, 0.1) is 0 Å². The summed E-state index contributed by atoms with van der Waals surface area (Å²) < 4.78 is 4.25. The Hall–Kier alpha value is -2.07. The Balaban J connectivity index is 1.85. The van der Waals surface area contributed by atoms with Crippen LogP contribution in [0.3, 0.4) is 0 Å². The number of hydrogen-bond donors (Lipinski definition) is 1. The van der Waals surface area contributed by atoms with Gasteiger partial charge in [0.15, 0.2) is 0 Å². The van der Waals surface area contributed by atoms with Crippen LogP contribution in [0.1, 0.15) is 18.2 Å². The van der Waals surface area contributed by atoms with Gasteiger partial charge < -0.3 is 10.3 Å². The number of nitrogens with zero attached hydrogens (tertiary/aromatic N) is 3. The van der Waals surface area contributed by atoms with Crippen LogP contribution < -0.4 is 5.73 Å². The highest BCUT2D eigenvalue weighted by atomic mass is 15.3. The molecule has 3 rings (SSSR count). The summed E-state index contributed by atoms with van der Waals surface area (Å²) in [6.07, 6.45) is 5.93. The molecule has 110 valence electrons. The molecule has 0 radical (unpaired) electrons. The molecule has 2 heterocycles. The van der Waals surface area contributed by atoms with Crippen LogP contribution in [0.2, 0.25) is 0 Å². The number of aryl methyl sites for hydroxylation is 3. The standard InChI is InChI=1S/C17H22N4/c1-13(18)12-14-4-3-5-17-16(14)8-11-21(17)10-7-15-6-9-19-20(15)2/h3-6,8-9,11,13H,7,10,12,18H2,1-2H3. The van der Waals surface area contributed by atoms with Crippen molar-refractivity contribution >= 4 is 10.9 Å². The van der Waals surface area contributed by atoms with Gasteiger partial charge in [0.1, 0.15) is 0 Å². The molecular weight excluding hydrogens is 260 g/mol. The Morgan fingerprint density at radius 1 is 1.24 bits per heavy atom. The molecule has 0 saturated heterocycles. The van der Waals surface area contributed by atoms with Crippen molar-refractivity contribution in [3.63, 3.8) is 0 Å². The maximum absolute atomic E-state index is 5.95. The van der Waals surface area contributed by atoms with Gasteiger partial charge in [-0.3, -0.25) is 4.68 Å². The van der Waals surface area contributed by atoms with Gasteiger partial charge in [-0.2, -0.15) is 5.10 Å².